The van der Waals surface area contributed by atoms with Crippen molar-refractivity contribution in [3.05, 3.63) is 32.7 Å². The fourth-order valence-electron chi connectivity index (χ4n) is 1.41. The first-order valence-electron chi connectivity index (χ1n) is 5.06. The molecular formula is C11H9Br2FN4. The Morgan fingerprint density at radius 1 is 1.28 bits per heavy atom. The summed E-state index contributed by atoms with van der Waals surface area (Å²) in [6.07, 6.45) is 1.64. The van der Waals surface area contributed by atoms with E-state index in [2.05, 4.69) is 52.1 Å². The van der Waals surface area contributed by atoms with Gasteiger partial charge in [0.05, 0.1) is 5.69 Å². The van der Waals surface area contributed by atoms with Crippen LogP contribution in [0.1, 0.15) is 5.69 Å². The first-order chi connectivity index (χ1) is 8.52. The highest BCUT2D eigenvalue weighted by Crippen LogP contribution is 2.27. The Bertz CT molecular complexity index is 604. The molecule has 0 unspecified atom stereocenters. The summed E-state index contributed by atoms with van der Waals surface area (Å²) in [6, 6.07) is 1.84. The summed E-state index contributed by atoms with van der Waals surface area (Å²) < 4.78 is 15.2. The summed E-state index contributed by atoms with van der Waals surface area (Å²) in [6.45, 7) is 1.59. The molecule has 94 valence electrons. The molecular weight excluding hydrogens is 367 g/mol. The molecule has 2 heterocycles. The third-order valence-corrected chi connectivity index (χ3v) is 3.31. The molecule has 0 saturated carbocycles. The number of rotatable bonds is 2. The third kappa shape index (κ3) is 2.51. The molecule has 0 aliphatic carbocycles. The Kier molecular flexibility index (Phi) is 3.91. The van der Waals surface area contributed by atoms with Crippen LogP contribution in [0.4, 0.5) is 10.2 Å². The average molecular weight is 376 g/mol. The van der Waals surface area contributed by atoms with Gasteiger partial charge in [-0.25, -0.2) is 14.4 Å². The van der Waals surface area contributed by atoms with Crippen LogP contribution < -0.4 is 5.32 Å². The highest BCUT2D eigenvalue weighted by Gasteiger charge is 2.14. The van der Waals surface area contributed by atoms with Crippen molar-refractivity contribution in [2.75, 3.05) is 12.4 Å². The second kappa shape index (κ2) is 5.27. The first kappa shape index (κ1) is 13.4. The quantitative estimate of drug-likeness (QED) is 0.871. The zero-order valence-corrected chi connectivity index (χ0v) is 12.8. The van der Waals surface area contributed by atoms with E-state index in [0.29, 0.717) is 11.5 Å². The van der Waals surface area contributed by atoms with E-state index in [4.69, 9.17) is 0 Å². The maximum atomic E-state index is 13.6. The van der Waals surface area contributed by atoms with Crippen LogP contribution in [0, 0.1) is 12.7 Å². The van der Waals surface area contributed by atoms with Crippen LogP contribution in [0.5, 0.6) is 0 Å². The molecule has 0 spiro atoms. The molecule has 0 aliphatic heterocycles. The summed E-state index contributed by atoms with van der Waals surface area (Å²) in [5, 5.41) is 2.70. The first-order valence-corrected chi connectivity index (χ1v) is 6.65. The van der Waals surface area contributed by atoms with E-state index in [1.54, 1.807) is 20.2 Å². The lowest BCUT2D eigenvalue weighted by molar-refractivity contribution is 0.607. The number of anilines is 1. The van der Waals surface area contributed by atoms with E-state index in [-0.39, 0.29) is 11.5 Å². The maximum absolute atomic E-state index is 13.6. The zero-order valence-electron chi connectivity index (χ0n) is 9.63. The fraction of sp³-hybridized carbons (Fsp3) is 0.182. The van der Waals surface area contributed by atoms with E-state index in [9.17, 15) is 4.39 Å². The van der Waals surface area contributed by atoms with Crippen molar-refractivity contribution in [3.8, 4) is 11.5 Å². The van der Waals surface area contributed by atoms with Crippen molar-refractivity contribution < 1.29 is 4.39 Å². The summed E-state index contributed by atoms with van der Waals surface area (Å²) in [5.74, 6) is 0.0845. The van der Waals surface area contributed by atoms with Gasteiger partial charge in [-0.05, 0) is 44.8 Å². The molecule has 7 heteroatoms. The average Bonchev–Trinajstić information content (AvgIpc) is 2.32. The lowest BCUT2D eigenvalue weighted by Gasteiger charge is -2.08. The predicted molar refractivity (Wildman–Crippen MR) is 74.9 cm³/mol. The summed E-state index contributed by atoms with van der Waals surface area (Å²) in [4.78, 5) is 12.4. The van der Waals surface area contributed by atoms with Crippen molar-refractivity contribution in [1.29, 1.82) is 0 Å². The molecule has 0 atom stereocenters. The number of hydrogen-bond acceptors (Lipinski definition) is 4. The van der Waals surface area contributed by atoms with Crippen LogP contribution in [0.3, 0.4) is 0 Å². The molecule has 0 aromatic carbocycles. The van der Waals surface area contributed by atoms with Gasteiger partial charge in [0.1, 0.15) is 5.69 Å². The number of halogens is 3. The standard InChI is InChI=1S/C11H9Br2FN4/c1-5-8(14)10(15-2)18-11(17-5)9-7(13)3-6(12)4-16-9/h3-4H,1-2H3,(H,15,17,18). The Morgan fingerprint density at radius 2 is 2.00 bits per heavy atom. The Labute approximate surface area is 120 Å². The van der Waals surface area contributed by atoms with Crippen LogP contribution >= 0.6 is 31.9 Å². The van der Waals surface area contributed by atoms with Gasteiger partial charge < -0.3 is 5.32 Å². The lowest BCUT2D eigenvalue weighted by atomic mass is 10.3. The van der Waals surface area contributed by atoms with E-state index in [1.165, 1.54) is 0 Å². The molecule has 2 aromatic heterocycles. The summed E-state index contributed by atoms with van der Waals surface area (Å²) >= 11 is 6.70. The van der Waals surface area contributed by atoms with Gasteiger partial charge >= 0.3 is 0 Å². The van der Waals surface area contributed by atoms with E-state index >= 15 is 0 Å². The second-order valence-corrected chi connectivity index (χ2v) is 5.30. The minimum absolute atomic E-state index is 0.161. The lowest BCUT2D eigenvalue weighted by Crippen LogP contribution is -2.04. The molecule has 0 bridgehead atoms. The highest BCUT2D eigenvalue weighted by molar-refractivity contribution is 9.11. The number of nitrogens with one attached hydrogen (secondary N) is 1. The second-order valence-electron chi connectivity index (χ2n) is 3.53. The molecule has 18 heavy (non-hydrogen) atoms. The van der Waals surface area contributed by atoms with Gasteiger partial charge in [0.15, 0.2) is 17.5 Å². The SMILES string of the molecule is CNc1nc(-c2ncc(Br)cc2Br)nc(C)c1F. The van der Waals surface area contributed by atoms with E-state index < -0.39 is 5.82 Å². The summed E-state index contributed by atoms with van der Waals surface area (Å²) in [5.41, 5.74) is 0.846. The predicted octanol–water partition coefficient (Wildman–Crippen LogP) is 3.55. The van der Waals surface area contributed by atoms with Crippen molar-refractivity contribution in [1.82, 2.24) is 15.0 Å². The third-order valence-electron chi connectivity index (χ3n) is 2.27. The van der Waals surface area contributed by atoms with Gasteiger partial charge in [-0.3, -0.25) is 4.98 Å². The molecule has 1 N–H and O–H groups in total. The number of nitrogens with zero attached hydrogens (tertiary/aromatic N) is 3. The molecule has 0 fully saturated rings. The Balaban J connectivity index is 2.60. The van der Waals surface area contributed by atoms with Gasteiger partial charge in [-0.1, -0.05) is 0 Å². The van der Waals surface area contributed by atoms with Crippen LogP contribution in [0.15, 0.2) is 21.2 Å². The van der Waals surface area contributed by atoms with Gasteiger partial charge in [0.25, 0.3) is 0 Å². The largest absolute Gasteiger partial charge is 0.371 e. The van der Waals surface area contributed by atoms with Gasteiger partial charge in [0, 0.05) is 22.2 Å². The molecule has 2 rings (SSSR count). The highest BCUT2D eigenvalue weighted by atomic mass is 79.9. The fourth-order valence-corrected chi connectivity index (χ4v) is 2.57. The minimum atomic E-state index is -0.450. The monoisotopic (exact) mass is 374 g/mol. The Hall–Kier alpha value is -1.08. The maximum Gasteiger partial charge on any atom is 0.186 e. The Morgan fingerprint density at radius 3 is 2.61 bits per heavy atom. The van der Waals surface area contributed by atoms with Crippen molar-refractivity contribution in [2.45, 2.75) is 6.92 Å². The molecule has 0 radical (unpaired) electrons. The van der Waals surface area contributed by atoms with Crippen LogP contribution in [0.2, 0.25) is 0 Å². The van der Waals surface area contributed by atoms with Crippen LogP contribution in [-0.4, -0.2) is 22.0 Å². The smallest absolute Gasteiger partial charge is 0.186 e. The van der Waals surface area contributed by atoms with Crippen molar-refractivity contribution in [2.24, 2.45) is 0 Å². The number of pyridine rings is 1. The van der Waals surface area contributed by atoms with E-state index in [0.717, 1.165) is 8.95 Å². The van der Waals surface area contributed by atoms with E-state index in [1.807, 2.05) is 6.07 Å². The van der Waals surface area contributed by atoms with Crippen LogP contribution in [-0.2, 0) is 0 Å². The zero-order chi connectivity index (χ0) is 13.3. The minimum Gasteiger partial charge on any atom is -0.371 e. The van der Waals surface area contributed by atoms with Gasteiger partial charge in [-0.2, -0.15) is 0 Å². The van der Waals surface area contributed by atoms with Gasteiger partial charge in [-0.15, -0.1) is 0 Å². The molecule has 4 nitrogen and oxygen atoms in total. The normalized spacial score (nSPS) is 10.5. The molecule has 0 saturated heterocycles. The molecule has 0 amide bonds. The topological polar surface area (TPSA) is 50.7 Å². The molecule has 2 aromatic rings. The number of hydrogen-bond donors (Lipinski definition) is 1. The number of aromatic nitrogens is 3. The number of aryl methyl sites for hydroxylation is 1. The van der Waals surface area contributed by atoms with Crippen molar-refractivity contribution >= 4 is 37.7 Å². The molecule has 0 aliphatic rings. The van der Waals surface area contributed by atoms with Crippen LogP contribution in [0.25, 0.3) is 11.5 Å². The summed E-state index contributed by atoms with van der Waals surface area (Å²) in [7, 11) is 1.61. The van der Waals surface area contributed by atoms with Crippen molar-refractivity contribution in [3.63, 3.8) is 0 Å². The van der Waals surface area contributed by atoms with Gasteiger partial charge in [0.2, 0.25) is 0 Å².